The summed E-state index contributed by atoms with van der Waals surface area (Å²) < 4.78 is 10.6. The zero-order valence-corrected chi connectivity index (χ0v) is 10.7. The van der Waals surface area contributed by atoms with Crippen molar-refractivity contribution in [2.75, 3.05) is 26.9 Å². The second-order valence-corrected chi connectivity index (χ2v) is 3.88. The Hall–Kier alpha value is -1.32. The standard InChI is InChI=1S/C14H21NO2/c1-4-8-17-14-6-5-12(2)10-13(14)11-15-7-9-16-3/h4-6,10,15H,1,7-9,11H2,2-3H3. The molecule has 1 aromatic rings. The second-order valence-electron chi connectivity index (χ2n) is 3.88. The van der Waals surface area contributed by atoms with Gasteiger partial charge in [0.2, 0.25) is 0 Å². The van der Waals surface area contributed by atoms with E-state index in [9.17, 15) is 0 Å². The van der Waals surface area contributed by atoms with Crippen molar-refractivity contribution in [2.24, 2.45) is 0 Å². The van der Waals surface area contributed by atoms with Crippen molar-refractivity contribution >= 4 is 0 Å². The normalized spacial score (nSPS) is 10.2. The number of rotatable bonds is 8. The Morgan fingerprint density at radius 3 is 2.94 bits per heavy atom. The lowest BCUT2D eigenvalue weighted by Crippen LogP contribution is -2.19. The van der Waals surface area contributed by atoms with Crippen LogP contribution < -0.4 is 10.1 Å². The van der Waals surface area contributed by atoms with Crippen molar-refractivity contribution in [1.29, 1.82) is 0 Å². The molecule has 17 heavy (non-hydrogen) atoms. The van der Waals surface area contributed by atoms with Crippen LogP contribution in [0, 0.1) is 6.92 Å². The van der Waals surface area contributed by atoms with E-state index >= 15 is 0 Å². The first-order valence-electron chi connectivity index (χ1n) is 5.80. The number of aryl methyl sites for hydroxylation is 1. The molecule has 3 nitrogen and oxygen atoms in total. The molecule has 0 fully saturated rings. The van der Waals surface area contributed by atoms with Crippen LogP contribution in [0.1, 0.15) is 11.1 Å². The molecular weight excluding hydrogens is 214 g/mol. The summed E-state index contributed by atoms with van der Waals surface area (Å²) in [6.07, 6.45) is 1.75. The molecule has 1 N–H and O–H groups in total. The second kappa shape index (κ2) is 7.87. The lowest BCUT2D eigenvalue weighted by Gasteiger charge is -2.12. The molecule has 0 saturated carbocycles. The summed E-state index contributed by atoms with van der Waals surface area (Å²) >= 11 is 0. The van der Waals surface area contributed by atoms with Gasteiger partial charge in [0.15, 0.2) is 0 Å². The van der Waals surface area contributed by atoms with Crippen LogP contribution in [-0.2, 0) is 11.3 Å². The highest BCUT2D eigenvalue weighted by Crippen LogP contribution is 2.19. The van der Waals surface area contributed by atoms with Gasteiger partial charge in [0.25, 0.3) is 0 Å². The van der Waals surface area contributed by atoms with Crippen molar-refractivity contribution < 1.29 is 9.47 Å². The Morgan fingerprint density at radius 2 is 2.24 bits per heavy atom. The third-order valence-electron chi connectivity index (χ3n) is 2.37. The number of hydrogen-bond donors (Lipinski definition) is 1. The van der Waals surface area contributed by atoms with Crippen LogP contribution in [0.3, 0.4) is 0 Å². The Labute approximate surface area is 103 Å². The zero-order chi connectivity index (χ0) is 12.5. The first-order valence-corrected chi connectivity index (χ1v) is 5.80. The van der Waals surface area contributed by atoms with Gasteiger partial charge in [-0.25, -0.2) is 0 Å². The van der Waals surface area contributed by atoms with Crippen molar-refractivity contribution in [3.63, 3.8) is 0 Å². The predicted octanol–water partition coefficient (Wildman–Crippen LogP) is 2.30. The molecule has 0 aromatic heterocycles. The molecule has 1 aromatic carbocycles. The molecule has 0 aliphatic carbocycles. The molecule has 0 amide bonds. The summed E-state index contributed by atoms with van der Waals surface area (Å²) in [6.45, 7) is 8.61. The van der Waals surface area contributed by atoms with Gasteiger partial charge < -0.3 is 14.8 Å². The van der Waals surface area contributed by atoms with Gasteiger partial charge in [-0.2, -0.15) is 0 Å². The highest BCUT2D eigenvalue weighted by molar-refractivity contribution is 5.36. The van der Waals surface area contributed by atoms with Crippen molar-refractivity contribution in [1.82, 2.24) is 5.32 Å². The van der Waals surface area contributed by atoms with Gasteiger partial charge in [0.1, 0.15) is 12.4 Å². The van der Waals surface area contributed by atoms with Crippen LogP contribution in [-0.4, -0.2) is 26.9 Å². The van der Waals surface area contributed by atoms with Gasteiger partial charge in [-0.05, 0) is 13.0 Å². The number of hydrogen-bond acceptors (Lipinski definition) is 3. The largest absolute Gasteiger partial charge is 0.489 e. The van der Waals surface area contributed by atoms with Crippen LogP contribution in [0.25, 0.3) is 0 Å². The summed E-state index contributed by atoms with van der Waals surface area (Å²) in [6, 6.07) is 6.20. The smallest absolute Gasteiger partial charge is 0.124 e. The van der Waals surface area contributed by atoms with E-state index in [0.717, 1.165) is 18.8 Å². The predicted molar refractivity (Wildman–Crippen MR) is 70.5 cm³/mol. The molecular formula is C14H21NO2. The summed E-state index contributed by atoms with van der Waals surface area (Å²) in [5.74, 6) is 0.917. The van der Waals surface area contributed by atoms with Gasteiger partial charge in [-0.3, -0.25) is 0 Å². The van der Waals surface area contributed by atoms with Crippen molar-refractivity contribution in [2.45, 2.75) is 13.5 Å². The number of methoxy groups -OCH3 is 1. The maximum absolute atomic E-state index is 5.61. The highest BCUT2D eigenvalue weighted by atomic mass is 16.5. The Bertz CT molecular complexity index is 350. The Balaban J connectivity index is 2.59. The minimum Gasteiger partial charge on any atom is -0.489 e. The fraction of sp³-hybridized carbons (Fsp3) is 0.429. The molecule has 0 bridgehead atoms. The van der Waals surface area contributed by atoms with Crippen LogP contribution in [0.2, 0.25) is 0 Å². The average Bonchev–Trinajstić information content (AvgIpc) is 2.33. The molecule has 1 rings (SSSR count). The topological polar surface area (TPSA) is 30.5 Å². The number of ether oxygens (including phenoxy) is 2. The summed E-state index contributed by atoms with van der Waals surface area (Å²) in [5, 5.41) is 3.32. The van der Waals surface area contributed by atoms with E-state index in [0.29, 0.717) is 13.2 Å². The SMILES string of the molecule is C=CCOc1ccc(C)cc1CNCCOC. The highest BCUT2D eigenvalue weighted by Gasteiger charge is 2.03. The zero-order valence-electron chi connectivity index (χ0n) is 10.7. The minimum absolute atomic E-state index is 0.536. The summed E-state index contributed by atoms with van der Waals surface area (Å²) in [7, 11) is 1.70. The Kier molecular flexibility index (Phi) is 6.37. The summed E-state index contributed by atoms with van der Waals surface area (Å²) in [4.78, 5) is 0. The quantitative estimate of drug-likeness (QED) is 0.554. The first kappa shape index (κ1) is 13.7. The van der Waals surface area contributed by atoms with Crippen LogP contribution in [0.15, 0.2) is 30.9 Å². The lowest BCUT2D eigenvalue weighted by molar-refractivity contribution is 0.199. The van der Waals surface area contributed by atoms with E-state index in [1.54, 1.807) is 13.2 Å². The van der Waals surface area contributed by atoms with E-state index in [1.807, 2.05) is 6.07 Å². The number of nitrogens with one attached hydrogen (secondary N) is 1. The molecule has 0 radical (unpaired) electrons. The molecule has 0 aliphatic heterocycles. The van der Waals surface area contributed by atoms with Gasteiger partial charge in [0, 0.05) is 25.8 Å². The van der Waals surface area contributed by atoms with Gasteiger partial charge >= 0.3 is 0 Å². The van der Waals surface area contributed by atoms with E-state index in [-0.39, 0.29) is 0 Å². The monoisotopic (exact) mass is 235 g/mol. The third kappa shape index (κ3) is 5.02. The molecule has 3 heteroatoms. The fourth-order valence-corrected chi connectivity index (χ4v) is 1.53. The van der Waals surface area contributed by atoms with Crippen LogP contribution >= 0.6 is 0 Å². The number of benzene rings is 1. The molecule has 0 aliphatic rings. The van der Waals surface area contributed by atoms with E-state index in [2.05, 4.69) is 31.0 Å². The fourth-order valence-electron chi connectivity index (χ4n) is 1.53. The van der Waals surface area contributed by atoms with Crippen LogP contribution in [0.4, 0.5) is 0 Å². The molecule has 0 spiro atoms. The van der Waals surface area contributed by atoms with Gasteiger partial charge in [-0.1, -0.05) is 30.4 Å². The average molecular weight is 235 g/mol. The molecule has 0 heterocycles. The summed E-state index contributed by atoms with van der Waals surface area (Å²) in [5.41, 5.74) is 2.41. The van der Waals surface area contributed by atoms with Crippen LogP contribution in [0.5, 0.6) is 5.75 Å². The molecule has 0 unspecified atom stereocenters. The van der Waals surface area contributed by atoms with Gasteiger partial charge in [0.05, 0.1) is 6.61 Å². The van der Waals surface area contributed by atoms with Gasteiger partial charge in [-0.15, -0.1) is 0 Å². The maximum Gasteiger partial charge on any atom is 0.124 e. The minimum atomic E-state index is 0.536. The van der Waals surface area contributed by atoms with Crippen molar-refractivity contribution in [3.8, 4) is 5.75 Å². The lowest BCUT2D eigenvalue weighted by atomic mass is 10.1. The molecule has 0 atom stereocenters. The van der Waals surface area contributed by atoms with E-state index in [4.69, 9.17) is 9.47 Å². The van der Waals surface area contributed by atoms with Crippen molar-refractivity contribution in [3.05, 3.63) is 42.0 Å². The first-order chi connectivity index (χ1) is 8.27. The third-order valence-corrected chi connectivity index (χ3v) is 2.37. The Morgan fingerprint density at radius 1 is 1.41 bits per heavy atom. The van der Waals surface area contributed by atoms with E-state index in [1.165, 1.54) is 11.1 Å². The van der Waals surface area contributed by atoms with E-state index < -0.39 is 0 Å². The maximum atomic E-state index is 5.61. The molecule has 0 saturated heterocycles. The molecule has 94 valence electrons.